The number of hydrogen-bond acceptors (Lipinski definition) is 9. The van der Waals surface area contributed by atoms with Crippen LogP contribution in [0.25, 0.3) is 5.69 Å². The van der Waals surface area contributed by atoms with E-state index in [9.17, 15) is 14.7 Å². The Labute approximate surface area is 194 Å². The summed E-state index contributed by atoms with van der Waals surface area (Å²) in [6.45, 7) is 4.23. The van der Waals surface area contributed by atoms with Crippen LogP contribution in [0, 0.1) is 24.7 Å². The van der Waals surface area contributed by atoms with Gasteiger partial charge in [0.05, 0.1) is 23.6 Å². The maximum atomic E-state index is 12.7. The Hall–Kier alpha value is -3.70. The minimum Gasteiger partial charge on any atom is -0.457 e. The molecule has 1 aliphatic carbocycles. The molecule has 11 nitrogen and oxygen atoms in total. The fourth-order valence-corrected chi connectivity index (χ4v) is 5.31. The SMILES string of the molecule is Cc1c([C@@H](O)CN2CC3C(C2)C3C(=O)Nc2ccc(-n3cnnn3)cn2)ccc2c1COC2=O. The van der Waals surface area contributed by atoms with Gasteiger partial charge in [-0.15, -0.1) is 5.10 Å². The van der Waals surface area contributed by atoms with Gasteiger partial charge in [-0.1, -0.05) is 6.07 Å². The van der Waals surface area contributed by atoms with E-state index in [-0.39, 0.29) is 24.4 Å². The van der Waals surface area contributed by atoms with Gasteiger partial charge in [-0.05, 0) is 58.5 Å². The van der Waals surface area contributed by atoms with Crippen molar-refractivity contribution < 1.29 is 19.4 Å². The number of rotatable bonds is 6. The molecule has 2 aliphatic heterocycles. The molecule has 2 aromatic heterocycles. The number of cyclic esters (lactones) is 1. The second kappa shape index (κ2) is 7.96. The number of nitrogens with zero attached hydrogens (tertiary/aromatic N) is 6. The smallest absolute Gasteiger partial charge is 0.338 e. The van der Waals surface area contributed by atoms with E-state index in [2.05, 4.69) is 30.7 Å². The number of piperidine rings is 1. The van der Waals surface area contributed by atoms with E-state index in [4.69, 9.17) is 4.74 Å². The number of ether oxygens (including phenoxy) is 1. The van der Waals surface area contributed by atoms with Gasteiger partial charge >= 0.3 is 5.97 Å². The van der Waals surface area contributed by atoms with Gasteiger partial charge in [-0.25, -0.2) is 9.78 Å². The molecule has 2 unspecified atom stereocenters. The van der Waals surface area contributed by atoms with Crippen molar-refractivity contribution in [3.05, 3.63) is 59.0 Å². The molecule has 0 bridgehead atoms. The molecular weight excluding hydrogens is 438 g/mol. The number of fused-ring (bicyclic) bond motifs is 2. The summed E-state index contributed by atoms with van der Waals surface area (Å²) in [6.07, 6.45) is 2.42. The number of β-amino-alcohol motifs (C(OH)–C–C–N with tert-alkyl or cyclic N) is 1. The Balaban J connectivity index is 1.03. The van der Waals surface area contributed by atoms with Gasteiger partial charge in [-0.3, -0.25) is 9.69 Å². The number of benzene rings is 1. The number of carbonyl (C=O) groups is 2. The molecule has 0 radical (unpaired) electrons. The fourth-order valence-electron chi connectivity index (χ4n) is 5.31. The summed E-state index contributed by atoms with van der Waals surface area (Å²) in [5.74, 6) is 0.728. The monoisotopic (exact) mass is 461 g/mol. The standard InChI is InChI=1S/C23H23N7O4/c1-12-14(3-4-15-18(12)10-34-23(15)33)19(31)9-29-7-16-17(8-29)21(16)22(32)26-20-5-2-13(6-24-20)30-11-25-27-28-30/h2-6,11,16-17,19,21,31H,7-10H2,1H3,(H,24,26,32)/t16?,17?,19-,21?/m0/s1. The van der Waals surface area contributed by atoms with Crippen molar-refractivity contribution in [2.45, 2.75) is 19.6 Å². The number of carbonyl (C=O) groups excluding carboxylic acids is 2. The maximum Gasteiger partial charge on any atom is 0.338 e. The number of tetrazole rings is 1. The highest BCUT2D eigenvalue weighted by Crippen LogP contribution is 2.52. The summed E-state index contributed by atoms with van der Waals surface area (Å²) in [4.78, 5) is 31.0. The first-order valence-electron chi connectivity index (χ1n) is 11.2. The van der Waals surface area contributed by atoms with Crippen LogP contribution in [-0.4, -0.2) is 66.7 Å². The third-order valence-electron chi connectivity index (χ3n) is 7.18. The van der Waals surface area contributed by atoms with E-state index in [1.807, 2.05) is 13.0 Å². The molecule has 2 fully saturated rings. The van der Waals surface area contributed by atoms with Gasteiger partial charge in [0.15, 0.2) is 0 Å². The van der Waals surface area contributed by atoms with Crippen molar-refractivity contribution in [3.63, 3.8) is 0 Å². The van der Waals surface area contributed by atoms with Gasteiger partial charge in [0.1, 0.15) is 18.8 Å². The third kappa shape index (κ3) is 3.53. The average Bonchev–Trinajstić information content (AvgIpc) is 3.27. The second-order valence-electron chi connectivity index (χ2n) is 9.12. The average molecular weight is 461 g/mol. The Morgan fingerprint density at radius 2 is 2.09 bits per heavy atom. The molecule has 6 rings (SSSR count). The van der Waals surface area contributed by atoms with E-state index in [1.54, 1.807) is 24.4 Å². The highest BCUT2D eigenvalue weighted by atomic mass is 16.5. The Bertz CT molecular complexity index is 1250. The molecule has 34 heavy (non-hydrogen) atoms. The van der Waals surface area contributed by atoms with Gasteiger partial charge in [0.2, 0.25) is 5.91 Å². The Morgan fingerprint density at radius 3 is 2.79 bits per heavy atom. The first kappa shape index (κ1) is 20.9. The fraction of sp³-hybridized carbons (Fsp3) is 0.391. The zero-order valence-corrected chi connectivity index (χ0v) is 18.5. The molecule has 1 aromatic carbocycles. The summed E-state index contributed by atoms with van der Waals surface area (Å²) in [5, 5.41) is 24.8. The van der Waals surface area contributed by atoms with Crippen LogP contribution in [0.15, 0.2) is 36.8 Å². The van der Waals surface area contributed by atoms with Crippen LogP contribution >= 0.6 is 0 Å². The first-order valence-corrected chi connectivity index (χ1v) is 11.2. The number of hydrogen-bond donors (Lipinski definition) is 2. The third-order valence-corrected chi connectivity index (χ3v) is 7.18. The first-order chi connectivity index (χ1) is 16.5. The van der Waals surface area contributed by atoms with E-state index < -0.39 is 6.10 Å². The molecule has 1 saturated heterocycles. The van der Waals surface area contributed by atoms with Crippen LogP contribution in [-0.2, 0) is 16.1 Å². The number of amides is 1. The zero-order valence-electron chi connectivity index (χ0n) is 18.5. The Kier molecular flexibility index (Phi) is 4.89. The summed E-state index contributed by atoms with van der Waals surface area (Å²) in [5.41, 5.74) is 3.89. The summed E-state index contributed by atoms with van der Waals surface area (Å²) < 4.78 is 6.60. The number of aromatic nitrogens is 5. The molecule has 1 amide bonds. The van der Waals surface area contributed by atoms with Crippen LogP contribution in [0.2, 0.25) is 0 Å². The predicted molar refractivity (Wildman–Crippen MR) is 118 cm³/mol. The van der Waals surface area contributed by atoms with Crippen LogP contribution < -0.4 is 5.32 Å². The van der Waals surface area contributed by atoms with Crippen molar-refractivity contribution >= 4 is 17.7 Å². The van der Waals surface area contributed by atoms with Gasteiger partial charge in [0, 0.05) is 31.1 Å². The number of aliphatic hydroxyl groups is 1. The summed E-state index contributed by atoms with van der Waals surface area (Å²) >= 11 is 0. The van der Waals surface area contributed by atoms with Crippen LogP contribution in [0.4, 0.5) is 5.82 Å². The number of nitrogens with one attached hydrogen (secondary N) is 1. The van der Waals surface area contributed by atoms with Gasteiger partial charge in [-0.2, -0.15) is 4.68 Å². The highest BCUT2D eigenvalue weighted by Gasteiger charge is 2.59. The number of esters is 1. The molecule has 1 saturated carbocycles. The van der Waals surface area contributed by atoms with Crippen molar-refractivity contribution in [3.8, 4) is 5.69 Å². The molecule has 3 aromatic rings. The van der Waals surface area contributed by atoms with Gasteiger partial charge in [0.25, 0.3) is 0 Å². The van der Waals surface area contributed by atoms with Crippen molar-refractivity contribution in [1.29, 1.82) is 0 Å². The zero-order chi connectivity index (χ0) is 23.4. The molecule has 3 atom stereocenters. The number of aliphatic hydroxyl groups excluding tert-OH is 1. The lowest BCUT2D eigenvalue weighted by Crippen LogP contribution is -2.32. The van der Waals surface area contributed by atoms with E-state index in [1.165, 1.54) is 11.0 Å². The van der Waals surface area contributed by atoms with E-state index in [0.29, 0.717) is 35.4 Å². The topological polar surface area (TPSA) is 135 Å². The lowest BCUT2D eigenvalue weighted by atomic mass is 9.95. The molecule has 4 heterocycles. The molecule has 3 aliphatic rings. The highest BCUT2D eigenvalue weighted by molar-refractivity contribution is 5.94. The lowest BCUT2D eigenvalue weighted by molar-refractivity contribution is -0.118. The van der Waals surface area contributed by atoms with Crippen LogP contribution in [0.5, 0.6) is 0 Å². The normalized spacial score (nSPS) is 23.8. The largest absolute Gasteiger partial charge is 0.457 e. The van der Waals surface area contributed by atoms with Crippen LogP contribution in [0.3, 0.4) is 0 Å². The lowest BCUT2D eigenvalue weighted by Gasteiger charge is -2.24. The quantitative estimate of drug-likeness (QED) is 0.513. The van der Waals surface area contributed by atoms with E-state index >= 15 is 0 Å². The summed E-state index contributed by atoms with van der Waals surface area (Å²) in [7, 11) is 0. The maximum absolute atomic E-state index is 12.7. The molecular formula is C23H23N7O4. The molecule has 0 spiro atoms. The summed E-state index contributed by atoms with van der Waals surface area (Å²) in [6, 6.07) is 7.07. The molecule has 11 heteroatoms. The second-order valence-corrected chi connectivity index (χ2v) is 9.12. The number of likely N-dealkylation sites (tertiary alicyclic amines) is 1. The Morgan fingerprint density at radius 1 is 1.26 bits per heavy atom. The minimum absolute atomic E-state index is 0.0167. The number of anilines is 1. The minimum atomic E-state index is -0.659. The van der Waals surface area contributed by atoms with E-state index in [0.717, 1.165) is 29.8 Å². The molecule has 2 N–H and O–H groups in total. The van der Waals surface area contributed by atoms with Crippen molar-refractivity contribution in [2.75, 3.05) is 25.0 Å². The predicted octanol–water partition coefficient (Wildman–Crippen LogP) is 0.886. The van der Waals surface area contributed by atoms with Crippen molar-refractivity contribution in [2.24, 2.45) is 17.8 Å². The van der Waals surface area contributed by atoms with Crippen molar-refractivity contribution in [1.82, 2.24) is 30.1 Å². The van der Waals surface area contributed by atoms with Crippen LogP contribution in [0.1, 0.15) is 33.2 Å². The molecule has 174 valence electrons. The van der Waals surface area contributed by atoms with Gasteiger partial charge < -0.3 is 15.2 Å². The number of pyridine rings is 1.